The van der Waals surface area contributed by atoms with Crippen LogP contribution in [0.4, 0.5) is 19.0 Å². The first kappa shape index (κ1) is 22.1. The quantitative estimate of drug-likeness (QED) is 0.675. The van der Waals surface area contributed by atoms with Gasteiger partial charge in [-0.3, -0.25) is 0 Å². The summed E-state index contributed by atoms with van der Waals surface area (Å²) in [5.41, 5.74) is 0. The fourth-order valence-corrected chi connectivity index (χ4v) is 4.48. The van der Waals surface area contributed by atoms with Crippen molar-refractivity contribution in [2.75, 3.05) is 32.1 Å². The Morgan fingerprint density at radius 2 is 1.80 bits per heavy atom. The molecule has 1 aromatic carbocycles. The molecule has 0 spiro atoms. The Balaban J connectivity index is 1.67. The zero-order valence-electron chi connectivity index (χ0n) is 16.3. The molecule has 30 heavy (non-hydrogen) atoms. The fourth-order valence-electron chi connectivity index (χ4n) is 2.97. The number of hydrogen-bond acceptors (Lipinski definition) is 7. The van der Waals surface area contributed by atoms with Gasteiger partial charge in [0.2, 0.25) is 15.9 Å². The number of nitrogens with zero attached hydrogens (tertiary/aromatic N) is 4. The van der Waals surface area contributed by atoms with Crippen molar-refractivity contribution < 1.29 is 31.1 Å². The first-order valence-electron chi connectivity index (χ1n) is 9.08. The summed E-state index contributed by atoms with van der Waals surface area (Å²) in [6, 6.07) is 7.53. The van der Waals surface area contributed by atoms with Crippen molar-refractivity contribution in [2.45, 2.75) is 30.2 Å². The summed E-state index contributed by atoms with van der Waals surface area (Å²) in [5, 5.41) is 8.01. The molecule has 8 nitrogen and oxygen atoms in total. The second-order valence-corrected chi connectivity index (χ2v) is 8.83. The first-order valence-corrected chi connectivity index (χ1v) is 10.5. The molecular weight excluding hydrogens is 425 g/mol. The molecule has 0 amide bonds. The van der Waals surface area contributed by atoms with E-state index in [1.165, 1.54) is 4.31 Å². The van der Waals surface area contributed by atoms with Crippen LogP contribution in [0, 0.1) is 0 Å². The van der Waals surface area contributed by atoms with Gasteiger partial charge in [0.25, 0.3) is 0 Å². The van der Waals surface area contributed by atoms with Crippen LogP contribution in [0.1, 0.15) is 12.8 Å². The minimum atomic E-state index is -4.84. The van der Waals surface area contributed by atoms with Crippen molar-refractivity contribution in [3.05, 3.63) is 36.4 Å². The van der Waals surface area contributed by atoms with E-state index in [4.69, 9.17) is 4.74 Å². The maximum Gasteiger partial charge on any atom is 0.573 e. The second-order valence-electron chi connectivity index (χ2n) is 6.89. The maximum absolute atomic E-state index is 12.9. The molecule has 0 radical (unpaired) electrons. The van der Waals surface area contributed by atoms with Gasteiger partial charge in [-0.15, -0.1) is 23.4 Å². The minimum absolute atomic E-state index is 0.0975. The summed E-state index contributed by atoms with van der Waals surface area (Å²) in [5.74, 6) is 0.465. The Morgan fingerprint density at radius 3 is 2.37 bits per heavy atom. The monoisotopic (exact) mass is 446 g/mol. The molecule has 1 saturated heterocycles. The van der Waals surface area contributed by atoms with Crippen LogP contribution in [0.15, 0.2) is 41.3 Å². The van der Waals surface area contributed by atoms with Crippen molar-refractivity contribution in [3.63, 3.8) is 0 Å². The molecule has 0 N–H and O–H groups in total. The van der Waals surface area contributed by atoms with E-state index in [2.05, 4.69) is 14.9 Å². The van der Waals surface area contributed by atoms with E-state index < -0.39 is 28.2 Å². The van der Waals surface area contributed by atoms with E-state index in [1.807, 2.05) is 14.1 Å². The summed E-state index contributed by atoms with van der Waals surface area (Å²) in [6.07, 6.45) is -4.05. The van der Waals surface area contributed by atoms with Crippen LogP contribution in [0.25, 0.3) is 0 Å². The average Bonchev–Trinajstić information content (AvgIpc) is 2.68. The molecule has 1 aliphatic rings. The van der Waals surface area contributed by atoms with E-state index in [0.717, 1.165) is 24.3 Å². The number of aromatic nitrogens is 2. The van der Waals surface area contributed by atoms with Crippen LogP contribution >= 0.6 is 0 Å². The molecule has 1 aliphatic heterocycles. The Morgan fingerprint density at radius 1 is 1.10 bits per heavy atom. The molecule has 12 heteroatoms. The third kappa shape index (κ3) is 5.51. The molecule has 164 valence electrons. The minimum Gasteiger partial charge on any atom is -0.472 e. The van der Waals surface area contributed by atoms with Gasteiger partial charge in [0, 0.05) is 26.7 Å². The Hall–Kier alpha value is -2.60. The Bertz CT molecular complexity index is 951. The Kier molecular flexibility index (Phi) is 6.36. The third-order valence-electron chi connectivity index (χ3n) is 4.41. The molecule has 0 saturated carbocycles. The van der Waals surface area contributed by atoms with Crippen molar-refractivity contribution in [1.29, 1.82) is 0 Å². The third-order valence-corrected chi connectivity index (χ3v) is 6.29. The second kappa shape index (κ2) is 8.64. The highest BCUT2D eigenvalue weighted by atomic mass is 32.2. The van der Waals surface area contributed by atoms with E-state index in [-0.39, 0.29) is 18.0 Å². The van der Waals surface area contributed by atoms with Gasteiger partial charge in [0.15, 0.2) is 5.82 Å². The number of halogens is 3. The predicted molar refractivity (Wildman–Crippen MR) is 102 cm³/mol. The number of sulfonamides is 1. The number of alkyl halides is 3. The summed E-state index contributed by atoms with van der Waals surface area (Å²) in [6.45, 7) is 0.383. The van der Waals surface area contributed by atoms with Crippen LogP contribution in [0.2, 0.25) is 0 Å². The average molecular weight is 446 g/mol. The molecule has 1 unspecified atom stereocenters. The first-order chi connectivity index (χ1) is 14.0. The van der Waals surface area contributed by atoms with E-state index in [0.29, 0.717) is 24.5 Å². The summed E-state index contributed by atoms with van der Waals surface area (Å²) >= 11 is 0. The SMILES string of the molecule is CN(C)c1ccc(OC2CCCN(S(=O)(=O)c3ccc(OC(F)(F)F)cc3)C2)nn1. The fraction of sp³-hybridized carbons (Fsp3) is 0.444. The zero-order valence-corrected chi connectivity index (χ0v) is 17.2. The molecule has 3 rings (SSSR count). The molecular formula is C18H21F3N4O4S. The van der Waals surface area contributed by atoms with E-state index in [1.54, 1.807) is 17.0 Å². The number of ether oxygens (including phenoxy) is 2. The van der Waals surface area contributed by atoms with Gasteiger partial charge in [0.1, 0.15) is 11.9 Å². The van der Waals surface area contributed by atoms with Crippen LogP contribution in [0.3, 0.4) is 0 Å². The molecule has 0 aliphatic carbocycles. The largest absolute Gasteiger partial charge is 0.573 e. The van der Waals surface area contributed by atoms with Gasteiger partial charge in [-0.2, -0.15) is 4.31 Å². The molecule has 2 heterocycles. The van der Waals surface area contributed by atoms with Gasteiger partial charge >= 0.3 is 6.36 Å². The van der Waals surface area contributed by atoms with Crippen molar-refractivity contribution in [2.24, 2.45) is 0 Å². The van der Waals surface area contributed by atoms with Gasteiger partial charge < -0.3 is 14.4 Å². The van der Waals surface area contributed by atoms with Gasteiger partial charge in [-0.1, -0.05) is 0 Å². The lowest BCUT2D eigenvalue weighted by Crippen LogP contribution is -2.44. The summed E-state index contributed by atoms with van der Waals surface area (Å²) in [7, 11) is -0.233. The standard InChI is InChI=1S/C18H21F3N4O4S/c1-24(2)16-9-10-17(23-22-16)28-14-4-3-11-25(12-14)30(26,27)15-7-5-13(6-8-15)29-18(19,20)21/h5-10,14H,3-4,11-12H2,1-2H3. The zero-order chi connectivity index (χ0) is 21.9. The number of hydrogen-bond donors (Lipinski definition) is 0. The molecule has 2 aromatic rings. The van der Waals surface area contributed by atoms with Gasteiger partial charge in [-0.25, -0.2) is 8.42 Å². The summed E-state index contributed by atoms with van der Waals surface area (Å²) < 4.78 is 73.4. The Labute approximate surface area is 172 Å². The van der Waals surface area contributed by atoms with Crippen LogP contribution in [0.5, 0.6) is 11.6 Å². The van der Waals surface area contributed by atoms with E-state index in [9.17, 15) is 21.6 Å². The topological polar surface area (TPSA) is 84.9 Å². The summed E-state index contributed by atoms with van der Waals surface area (Å²) in [4.78, 5) is 1.67. The lowest BCUT2D eigenvalue weighted by molar-refractivity contribution is -0.274. The van der Waals surface area contributed by atoms with E-state index >= 15 is 0 Å². The van der Waals surface area contributed by atoms with Crippen LogP contribution in [-0.2, 0) is 10.0 Å². The van der Waals surface area contributed by atoms with Gasteiger partial charge in [-0.05, 0) is 43.2 Å². The molecule has 0 bridgehead atoms. The number of anilines is 1. The number of benzene rings is 1. The van der Waals surface area contributed by atoms with Crippen molar-refractivity contribution >= 4 is 15.8 Å². The highest BCUT2D eigenvalue weighted by molar-refractivity contribution is 7.89. The van der Waals surface area contributed by atoms with Crippen LogP contribution in [-0.4, -0.2) is 62.6 Å². The molecule has 1 fully saturated rings. The number of rotatable bonds is 6. The smallest absolute Gasteiger partial charge is 0.472 e. The lowest BCUT2D eigenvalue weighted by atomic mass is 10.1. The van der Waals surface area contributed by atoms with Crippen LogP contribution < -0.4 is 14.4 Å². The highest BCUT2D eigenvalue weighted by Crippen LogP contribution is 2.27. The lowest BCUT2D eigenvalue weighted by Gasteiger charge is -2.31. The number of piperidine rings is 1. The van der Waals surface area contributed by atoms with Crippen molar-refractivity contribution in [3.8, 4) is 11.6 Å². The van der Waals surface area contributed by atoms with Crippen molar-refractivity contribution in [1.82, 2.24) is 14.5 Å². The maximum atomic E-state index is 12.9. The molecule has 1 aromatic heterocycles. The normalized spacial score (nSPS) is 18.1. The predicted octanol–water partition coefficient (Wildman–Crippen LogP) is 2.67. The highest BCUT2D eigenvalue weighted by Gasteiger charge is 2.33. The van der Waals surface area contributed by atoms with Gasteiger partial charge in [0.05, 0.1) is 11.4 Å². The molecule has 1 atom stereocenters.